The molecule has 140 valence electrons. The Kier molecular flexibility index (Phi) is 5.71. The van der Waals surface area contributed by atoms with Crippen LogP contribution in [0, 0.1) is 0 Å². The molecular formula is C20H24N6O. The largest absolute Gasteiger partial charge is 0.384 e. The lowest BCUT2D eigenvalue weighted by Crippen LogP contribution is -2.25. The molecule has 0 atom stereocenters. The highest BCUT2D eigenvalue weighted by atomic mass is 16.1. The summed E-state index contributed by atoms with van der Waals surface area (Å²) in [5, 5.41) is 7.46. The van der Waals surface area contributed by atoms with E-state index in [0.29, 0.717) is 17.9 Å². The molecule has 2 heterocycles. The number of pyridine rings is 1. The Hall–Kier alpha value is -3.35. The smallest absolute Gasteiger partial charge is 0.252 e. The minimum atomic E-state index is -0.123. The maximum Gasteiger partial charge on any atom is 0.252 e. The third-order valence-electron chi connectivity index (χ3n) is 4.15. The zero-order chi connectivity index (χ0) is 19.2. The molecule has 7 heteroatoms. The molecule has 0 bridgehead atoms. The lowest BCUT2D eigenvalue weighted by atomic mass is 10.2. The van der Waals surface area contributed by atoms with E-state index >= 15 is 0 Å². The summed E-state index contributed by atoms with van der Waals surface area (Å²) in [6, 6.07) is 15.3. The van der Waals surface area contributed by atoms with Gasteiger partial charge in [-0.1, -0.05) is 18.2 Å². The second-order valence-corrected chi connectivity index (χ2v) is 6.47. The average molecular weight is 364 g/mol. The van der Waals surface area contributed by atoms with E-state index in [0.717, 1.165) is 30.0 Å². The average Bonchev–Trinajstić information content (AvgIpc) is 3.06. The first kappa shape index (κ1) is 18.4. The summed E-state index contributed by atoms with van der Waals surface area (Å²) in [5.41, 5.74) is 8.45. The number of carbonyl (C=O) groups is 1. The highest BCUT2D eigenvalue weighted by Gasteiger charge is 2.08. The zero-order valence-electron chi connectivity index (χ0n) is 15.6. The second-order valence-electron chi connectivity index (χ2n) is 6.47. The second kappa shape index (κ2) is 8.35. The van der Waals surface area contributed by atoms with Gasteiger partial charge in [0.15, 0.2) is 0 Å². The van der Waals surface area contributed by atoms with Gasteiger partial charge in [0.1, 0.15) is 11.6 Å². The molecule has 0 aliphatic rings. The fraction of sp³-hybridized carbons (Fsp3) is 0.250. The summed E-state index contributed by atoms with van der Waals surface area (Å²) >= 11 is 0. The normalized spacial score (nSPS) is 10.6. The van der Waals surface area contributed by atoms with E-state index < -0.39 is 0 Å². The van der Waals surface area contributed by atoms with Gasteiger partial charge >= 0.3 is 0 Å². The van der Waals surface area contributed by atoms with Gasteiger partial charge < -0.3 is 16.0 Å². The van der Waals surface area contributed by atoms with Crippen LogP contribution in [0.5, 0.6) is 0 Å². The molecule has 0 spiro atoms. The molecule has 7 nitrogen and oxygen atoms in total. The van der Waals surface area contributed by atoms with Gasteiger partial charge in [-0.15, -0.1) is 0 Å². The van der Waals surface area contributed by atoms with Crippen molar-refractivity contribution in [2.45, 2.75) is 12.8 Å². The van der Waals surface area contributed by atoms with E-state index in [1.165, 1.54) is 0 Å². The van der Waals surface area contributed by atoms with E-state index in [-0.39, 0.29) is 5.91 Å². The first-order chi connectivity index (χ1) is 13.0. The molecule has 1 aromatic carbocycles. The van der Waals surface area contributed by atoms with Crippen LogP contribution in [0.1, 0.15) is 22.5 Å². The van der Waals surface area contributed by atoms with Gasteiger partial charge in [-0.2, -0.15) is 5.10 Å². The summed E-state index contributed by atoms with van der Waals surface area (Å²) in [6.45, 7) is 0.562. The van der Waals surface area contributed by atoms with Crippen molar-refractivity contribution in [1.29, 1.82) is 0 Å². The van der Waals surface area contributed by atoms with Crippen LogP contribution in [0.2, 0.25) is 0 Å². The lowest BCUT2D eigenvalue weighted by molar-refractivity contribution is 0.0953. The molecular weight excluding hydrogens is 340 g/mol. The molecule has 0 saturated heterocycles. The third kappa shape index (κ3) is 4.63. The van der Waals surface area contributed by atoms with Crippen molar-refractivity contribution in [1.82, 2.24) is 20.1 Å². The van der Waals surface area contributed by atoms with E-state index in [9.17, 15) is 4.79 Å². The van der Waals surface area contributed by atoms with Crippen LogP contribution in [0.15, 0.2) is 54.7 Å². The van der Waals surface area contributed by atoms with Crippen LogP contribution < -0.4 is 16.0 Å². The van der Waals surface area contributed by atoms with Gasteiger partial charge in [-0.3, -0.25) is 4.79 Å². The summed E-state index contributed by atoms with van der Waals surface area (Å²) in [5.74, 6) is 1.30. The number of rotatable bonds is 7. The van der Waals surface area contributed by atoms with Gasteiger partial charge in [-0.25, -0.2) is 9.67 Å². The molecule has 27 heavy (non-hydrogen) atoms. The minimum Gasteiger partial charge on any atom is -0.384 e. The number of amides is 1. The molecule has 1 amide bonds. The Morgan fingerprint density at radius 1 is 1.19 bits per heavy atom. The van der Waals surface area contributed by atoms with E-state index in [1.54, 1.807) is 16.9 Å². The number of anilines is 2. The SMILES string of the molecule is CN(C)c1ccc(C(=O)NCCCc2cc(N)n(-c3ccccc3)n2)cn1. The topological polar surface area (TPSA) is 89.1 Å². The fourth-order valence-electron chi connectivity index (χ4n) is 2.70. The van der Waals surface area contributed by atoms with Gasteiger partial charge in [0.2, 0.25) is 0 Å². The van der Waals surface area contributed by atoms with Crippen LogP contribution in [0.25, 0.3) is 5.69 Å². The standard InChI is InChI=1S/C20H24N6O/c1-25(2)19-11-10-15(14-23-19)20(27)22-12-6-7-16-13-18(21)26(24-16)17-8-4-3-5-9-17/h3-5,8-11,13-14H,6-7,12,21H2,1-2H3,(H,22,27). The monoisotopic (exact) mass is 364 g/mol. The molecule has 0 aliphatic heterocycles. The van der Waals surface area contributed by atoms with Crippen LogP contribution in [0.4, 0.5) is 11.6 Å². The van der Waals surface area contributed by atoms with Crippen molar-refractivity contribution in [3.63, 3.8) is 0 Å². The maximum absolute atomic E-state index is 12.2. The molecule has 0 saturated carbocycles. The van der Waals surface area contributed by atoms with Crippen LogP contribution in [0.3, 0.4) is 0 Å². The summed E-state index contributed by atoms with van der Waals surface area (Å²) < 4.78 is 1.73. The van der Waals surface area contributed by atoms with Crippen LogP contribution in [-0.2, 0) is 6.42 Å². The zero-order valence-corrected chi connectivity index (χ0v) is 15.6. The number of benzene rings is 1. The predicted octanol–water partition coefficient (Wildman–Crippen LogP) is 2.28. The van der Waals surface area contributed by atoms with Gasteiger partial charge in [0.25, 0.3) is 5.91 Å². The highest BCUT2D eigenvalue weighted by Crippen LogP contribution is 2.15. The Morgan fingerprint density at radius 3 is 2.63 bits per heavy atom. The number of para-hydroxylation sites is 1. The first-order valence-corrected chi connectivity index (χ1v) is 8.86. The van der Waals surface area contributed by atoms with Crippen molar-refractivity contribution in [2.24, 2.45) is 0 Å². The van der Waals surface area contributed by atoms with Gasteiger partial charge in [0, 0.05) is 32.9 Å². The van der Waals surface area contributed by atoms with E-state index in [1.807, 2.05) is 61.5 Å². The van der Waals surface area contributed by atoms with Gasteiger partial charge in [0.05, 0.1) is 16.9 Å². The Balaban J connectivity index is 1.49. The predicted molar refractivity (Wildman–Crippen MR) is 107 cm³/mol. The molecule has 0 radical (unpaired) electrons. The highest BCUT2D eigenvalue weighted by molar-refractivity contribution is 5.94. The molecule has 3 aromatic rings. The molecule has 3 N–H and O–H groups in total. The Morgan fingerprint density at radius 2 is 1.96 bits per heavy atom. The number of nitrogens with one attached hydrogen (secondary N) is 1. The number of nitrogens with zero attached hydrogens (tertiary/aromatic N) is 4. The number of aromatic nitrogens is 3. The summed E-state index contributed by atoms with van der Waals surface area (Å²) in [4.78, 5) is 18.3. The molecule has 0 fully saturated rings. The fourth-order valence-corrected chi connectivity index (χ4v) is 2.70. The van der Waals surface area contributed by atoms with Gasteiger partial charge in [-0.05, 0) is 37.1 Å². The number of carbonyl (C=O) groups excluding carboxylic acids is 1. The van der Waals surface area contributed by atoms with Crippen molar-refractivity contribution in [2.75, 3.05) is 31.3 Å². The van der Waals surface area contributed by atoms with Crippen LogP contribution in [-0.4, -0.2) is 41.3 Å². The number of nitrogen functional groups attached to an aromatic ring is 1. The summed E-state index contributed by atoms with van der Waals surface area (Å²) in [7, 11) is 3.82. The quantitative estimate of drug-likeness (QED) is 0.628. The van der Waals surface area contributed by atoms with E-state index in [2.05, 4.69) is 15.4 Å². The van der Waals surface area contributed by atoms with Crippen molar-refractivity contribution >= 4 is 17.5 Å². The number of nitrogens with two attached hydrogens (primary N) is 1. The van der Waals surface area contributed by atoms with Crippen molar-refractivity contribution in [3.05, 3.63) is 66.0 Å². The third-order valence-corrected chi connectivity index (χ3v) is 4.15. The lowest BCUT2D eigenvalue weighted by Gasteiger charge is -2.11. The minimum absolute atomic E-state index is 0.123. The number of aryl methyl sites for hydroxylation is 1. The van der Waals surface area contributed by atoms with Crippen molar-refractivity contribution in [3.8, 4) is 5.69 Å². The Labute approximate surface area is 158 Å². The maximum atomic E-state index is 12.2. The van der Waals surface area contributed by atoms with Crippen LogP contribution >= 0.6 is 0 Å². The molecule has 3 rings (SSSR count). The Bertz CT molecular complexity index is 887. The first-order valence-electron chi connectivity index (χ1n) is 8.86. The molecule has 0 unspecified atom stereocenters. The van der Waals surface area contributed by atoms with E-state index in [4.69, 9.17) is 5.73 Å². The molecule has 2 aromatic heterocycles. The van der Waals surface area contributed by atoms with Crippen molar-refractivity contribution < 1.29 is 4.79 Å². The summed E-state index contributed by atoms with van der Waals surface area (Å²) in [6.07, 6.45) is 3.11. The number of hydrogen-bond donors (Lipinski definition) is 2. The molecule has 0 aliphatic carbocycles. The number of hydrogen-bond acceptors (Lipinski definition) is 5.